The van der Waals surface area contributed by atoms with Gasteiger partial charge < -0.3 is 4.90 Å². The van der Waals surface area contributed by atoms with Crippen LogP contribution < -0.4 is 4.90 Å². The Morgan fingerprint density at radius 2 is 1.67 bits per heavy atom. The van der Waals surface area contributed by atoms with Crippen molar-refractivity contribution in [2.75, 3.05) is 18.0 Å². The number of hydrogen-bond donors (Lipinski definition) is 0. The van der Waals surface area contributed by atoms with Crippen LogP contribution in [0.3, 0.4) is 0 Å². The van der Waals surface area contributed by atoms with E-state index in [1.807, 2.05) is 19.2 Å². The van der Waals surface area contributed by atoms with E-state index in [2.05, 4.69) is 39.1 Å². The van der Waals surface area contributed by atoms with Crippen LogP contribution in [0.25, 0.3) is 0 Å². The van der Waals surface area contributed by atoms with Gasteiger partial charge in [0.2, 0.25) is 5.95 Å². The molecule has 0 saturated heterocycles. The van der Waals surface area contributed by atoms with Crippen LogP contribution in [-0.4, -0.2) is 23.1 Å². The Balaban J connectivity index is 1.83. The predicted octanol–water partition coefficient (Wildman–Crippen LogP) is 2.39. The molecule has 1 aromatic heterocycles. The topological polar surface area (TPSA) is 29.0 Å². The molecule has 2 heterocycles. The highest BCUT2D eigenvalue weighted by Gasteiger charge is 2.15. The van der Waals surface area contributed by atoms with Crippen LogP contribution in [0.4, 0.5) is 5.95 Å². The summed E-state index contributed by atoms with van der Waals surface area (Å²) in [7, 11) is 0. The molecule has 0 spiro atoms. The van der Waals surface area contributed by atoms with E-state index in [1.165, 1.54) is 11.1 Å². The summed E-state index contributed by atoms with van der Waals surface area (Å²) >= 11 is 0. The van der Waals surface area contributed by atoms with Gasteiger partial charge in [0.1, 0.15) is 0 Å². The number of benzene rings is 1. The molecule has 0 atom stereocenters. The molecule has 3 rings (SSSR count). The van der Waals surface area contributed by atoms with Crippen LogP contribution in [0.5, 0.6) is 0 Å². The summed E-state index contributed by atoms with van der Waals surface area (Å²) in [6.45, 7) is 4.01. The van der Waals surface area contributed by atoms with Gasteiger partial charge in [0.15, 0.2) is 0 Å². The molecular weight excluding hydrogens is 222 g/mol. The van der Waals surface area contributed by atoms with Crippen molar-refractivity contribution in [2.45, 2.75) is 19.8 Å². The second-order valence-electron chi connectivity index (χ2n) is 4.75. The molecule has 3 nitrogen and oxygen atoms in total. The number of aryl methyl sites for hydroxylation is 1. The fourth-order valence-electron chi connectivity index (χ4n) is 2.46. The third kappa shape index (κ3) is 2.21. The molecule has 0 saturated carbocycles. The van der Waals surface area contributed by atoms with E-state index < -0.39 is 0 Å². The van der Waals surface area contributed by atoms with Crippen LogP contribution in [0.1, 0.15) is 16.8 Å². The Bertz CT molecular complexity index is 524. The standard InChI is InChI=1S/C15H17N3/c1-12-6-9-16-15(17-12)18-10-7-13-4-2-3-5-14(13)8-11-18/h2-6,9H,7-8,10-11H2,1H3. The molecule has 18 heavy (non-hydrogen) atoms. The lowest BCUT2D eigenvalue weighted by molar-refractivity contribution is 0.769. The largest absolute Gasteiger partial charge is 0.340 e. The van der Waals surface area contributed by atoms with Gasteiger partial charge in [-0.3, -0.25) is 0 Å². The van der Waals surface area contributed by atoms with Gasteiger partial charge in [-0.15, -0.1) is 0 Å². The molecule has 1 aliphatic rings. The summed E-state index contributed by atoms with van der Waals surface area (Å²) in [6, 6.07) is 10.7. The summed E-state index contributed by atoms with van der Waals surface area (Å²) in [5.41, 5.74) is 3.96. The Labute approximate surface area is 108 Å². The lowest BCUT2D eigenvalue weighted by Gasteiger charge is -2.19. The van der Waals surface area contributed by atoms with Crippen molar-refractivity contribution in [3.8, 4) is 0 Å². The fraction of sp³-hybridized carbons (Fsp3) is 0.333. The second-order valence-corrected chi connectivity index (χ2v) is 4.75. The van der Waals surface area contributed by atoms with Crippen LogP contribution in [0, 0.1) is 6.92 Å². The van der Waals surface area contributed by atoms with E-state index in [4.69, 9.17) is 0 Å². The molecular formula is C15H17N3. The molecule has 0 N–H and O–H groups in total. The molecule has 0 radical (unpaired) electrons. The smallest absolute Gasteiger partial charge is 0.225 e. The van der Waals surface area contributed by atoms with Gasteiger partial charge in [0.25, 0.3) is 0 Å². The van der Waals surface area contributed by atoms with Gasteiger partial charge in [-0.25, -0.2) is 9.97 Å². The van der Waals surface area contributed by atoms with E-state index in [0.717, 1.165) is 37.6 Å². The molecule has 0 fully saturated rings. The van der Waals surface area contributed by atoms with Gasteiger partial charge in [0.05, 0.1) is 0 Å². The van der Waals surface area contributed by atoms with E-state index in [9.17, 15) is 0 Å². The van der Waals surface area contributed by atoms with E-state index >= 15 is 0 Å². The zero-order valence-electron chi connectivity index (χ0n) is 10.6. The van der Waals surface area contributed by atoms with E-state index in [-0.39, 0.29) is 0 Å². The maximum atomic E-state index is 4.52. The fourth-order valence-corrected chi connectivity index (χ4v) is 2.46. The molecule has 1 aliphatic heterocycles. The first-order chi connectivity index (χ1) is 8.83. The zero-order chi connectivity index (χ0) is 12.4. The molecule has 92 valence electrons. The van der Waals surface area contributed by atoms with Crippen LogP contribution in [0.15, 0.2) is 36.5 Å². The molecule has 1 aromatic carbocycles. The number of nitrogens with zero attached hydrogens (tertiary/aromatic N) is 3. The second kappa shape index (κ2) is 4.77. The molecule has 2 aromatic rings. The van der Waals surface area contributed by atoms with Crippen molar-refractivity contribution < 1.29 is 0 Å². The minimum atomic E-state index is 0.864. The highest BCUT2D eigenvalue weighted by molar-refractivity contribution is 5.36. The molecule has 0 bridgehead atoms. The Morgan fingerprint density at radius 3 is 2.28 bits per heavy atom. The Hall–Kier alpha value is -1.90. The third-order valence-electron chi connectivity index (χ3n) is 3.49. The van der Waals surface area contributed by atoms with Crippen molar-refractivity contribution >= 4 is 5.95 Å². The van der Waals surface area contributed by atoms with Gasteiger partial charge in [0, 0.05) is 25.0 Å². The average Bonchev–Trinajstić information content (AvgIpc) is 2.61. The lowest BCUT2D eigenvalue weighted by Crippen LogP contribution is -2.28. The maximum absolute atomic E-state index is 4.52. The third-order valence-corrected chi connectivity index (χ3v) is 3.49. The Kier molecular flexibility index (Phi) is 2.97. The number of hydrogen-bond acceptors (Lipinski definition) is 3. The summed E-state index contributed by atoms with van der Waals surface area (Å²) in [5.74, 6) is 0.864. The molecule has 0 unspecified atom stereocenters. The SMILES string of the molecule is Cc1ccnc(N2CCc3ccccc3CC2)n1. The van der Waals surface area contributed by atoms with Crippen molar-refractivity contribution in [2.24, 2.45) is 0 Å². The first-order valence-electron chi connectivity index (χ1n) is 6.44. The van der Waals surface area contributed by atoms with Gasteiger partial charge in [-0.05, 0) is 37.0 Å². The number of aromatic nitrogens is 2. The van der Waals surface area contributed by atoms with Gasteiger partial charge >= 0.3 is 0 Å². The highest BCUT2D eigenvalue weighted by Crippen LogP contribution is 2.18. The number of fused-ring (bicyclic) bond motifs is 1. The predicted molar refractivity (Wildman–Crippen MR) is 72.8 cm³/mol. The minimum absolute atomic E-state index is 0.864. The quantitative estimate of drug-likeness (QED) is 0.765. The zero-order valence-corrected chi connectivity index (χ0v) is 10.6. The van der Waals surface area contributed by atoms with E-state index in [0.29, 0.717) is 0 Å². The average molecular weight is 239 g/mol. The van der Waals surface area contributed by atoms with Crippen LogP contribution in [-0.2, 0) is 12.8 Å². The number of anilines is 1. The molecule has 3 heteroatoms. The Morgan fingerprint density at radius 1 is 1.00 bits per heavy atom. The van der Waals surface area contributed by atoms with E-state index in [1.54, 1.807) is 0 Å². The summed E-state index contributed by atoms with van der Waals surface area (Å²) in [4.78, 5) is 11.2. The van der Waals surface area contributed by atoms with Gasteiger partial charge in [-0.1, -0.05) is 24.3 Å². The summed E-state index contributed by atoms with van der Waals surface area (Å²) in [6.07, 6.45) is 4.00. The monoisotopic (exact) mass is 239 g/mol. The first-order valence-corrected chi connectivity index (χ1v) is 6.44. The molecule has 0 aliphatic carbocycles. The summed E-state index contributed by atoms with van der Waals surface area (Å²) < 4.78 is 0. The highest BCUT2D eigenvalue weighted by atomic mass is 15.2. The normalized spacial score (nSPS) is 15.1. The first kappa shape index (κ1) is 11.2. The number of rotatable bonds is 1. The van der Waals surface area contributed by atoms with Crippen LogP contribution in [0.2, 0.25) is 0 Å². The van der Waals surface area contributed by atoms with Crippen molar-refractivity contribution in [3.05, 3.63) is 53.3 Å². The van der Waals surface area contributed by atoms with Gasteiger partial charge in [-0.2, -0.15) is 0 Å². The van der Waals surface area contributed by atoms with Crippen molar-refractivity contribution in [1.82, 2.24) is 9.97 Å². The molecule has 0 amide bonds. The van der Waals surface area contributed by atoms with Crippen molar-refractivity contribution in [1.29, 1.82) is 0 Å². The lowest BCUT2D eigenvalue weighted by atomic mass is 10.0. The minimum Gasteiger partial charge on any atom is -0.340 e. The van der Waals surface area contributed by atoms with Crippen LogP contribution >= 0.6 is 0 Å². The maximum Gasteiger partial charge on any atom is 0.225 e. The summed E-state index contributed by atoms with van der Waals surface area (Å²) in [5, 5.41) is 0. The van der Waals surface area contributed by atoms with Crippen molar-refractivity contribution in [3.63, 3.8) is 0 Å².